The molecule has 0 N–H and O–H groups in total. The zero-order valence-corrected chi connectivity index (χ0v) is 16.9. The van der Waals surface area contributed by atoms with E-state index in [1.807, 2.05) is 11.4 Å². The van der Waals surface area contributed by atoms with Gasteiger partial charge in [0.1, 0.15) is 6.54 Å². The maximum Gasteiger partial charge on any atom is 0.420 e. The van der Waals surface area contributed by atoms with Crippen molar-refractivity contribution in [1.82, 2.24) is 23.8 Å². The standard InChI is InChI=1S/C20H19N5O4S/c26-17-11-14(21-19-24(17)9-10-30-19)12-22-5-7-23(8-6-22)18(27)13-25-15-3-1-2-4-16(15)29-20(25)28/h1-4,9-11H,5-8,12-13H2. The molecule has 30 heavy (non-hydrogen) atoms. The molecule has 4 heterocycles. The summed E-state index contributed by atoms with van der Waals surface area (Å²) in [6.07, 6.45) is 1.72. The molecule has 1 aliphatic rings. The highest BCUT2D eigenvalue weighted by Gasteiger charge is 2.23. The van der Waals surface area contributed by atoms with Crippen molar-refractivity contribution in [2.75, 3.05) is 26.2 Å². The predicted molar refractivity (Wildman–Crippen MR) is 112 cm³/mol. The fourth-order valence-electron chi connectivity index (χ4n) is 3.75. The number of carbonyl (C=O) groups excluding carboxylic acids is 1. The van der Waals surface area contributed by atoms with Crippen LogP contribution in [0.3, 0.4) is 0 Å². The van der Waals surface area contributed by atoms with Crippen molar-refractivity contribution >= 4 is 33.3 Å². The van der Waals surface area contributed by atoms with Crippen LogP contribution < -0.4 is 11.3 Å². The molecule has 0 saturated carbocycles. The van der Waals surface area contributed by atoms with Gasteiger partial charge in [-0.25, -0.2) is 9.78 Å². The van der Waals surface area contributed by atoms with Crippen molar-refractivity contribution in [3.8, 4) is 0 Å². The molecule has 4 aromatic rings. The Labute approximate surface area is 174 Å². The summed E-state index contributed by atoms with van der Waals surface area (Å²) in [5.41, 5.74) is 1.75. The van der Waals surface area contributed by atoms with Crippen LogP contribution in [0.15, 0.2) is 55.9 Å². The topological polar surface area (TPSA) is 93.1 Å². The molecule has 3 aromatic heterocycles. The van der Waals surface area contributed by atoms with Crippen LogP contribution in [0.4, 0.5) is 0 Å². The van der Waals surface area contributed by atoms with Crippen molar-refractivity contribution in [1.29, 1.82) is 0 Å². The van der Waals surface area contributed by atoms with Gasteiger partial charge >= 0.3 is 5.76 Å². The van der Waals surface area contributed by atoms with Crippen LogP contribution in [0.25, 0.3) is 16.1 Å². The molecule has 1 fully saturated rings. The predicted octanol–water partition coefficient (Wildman–Crippen LogP) is 1.01. The van der Waals surface area contributed by atoms with Gasteiger partial charge in [-0.15, -0.1) is 11.3 Å². The minimum Gasteiger partial charge on any atom is -0.408 e. The molecular formula is C20H19N5O4S. The first-order chi connectivity index (χ1) is 14.6. The highest BCUT2D eigenvalue weighted by Crippen LogP contribution is 2.13. The Bertz CT molecular complexity index is 1340. The van der Waals surface area contributed by atoms with Crippen LogP contribution in [0, 0.1) is 0 Å². The normalized spacial score (nSPS) is 15.3. The Kier molecular flexibility index (Phi) is 4.72. The molecule has 0 atom stereocenters. The zero-order valence-electron chi connectivity index (χ0n) is 16.1. The van der Waals surface area contributed by atoms with Gasteiger partial charge < -0.3 is 9.32 Å². The maximum absolute atomic E-state index is 12.7. The summed E-state index contributed by atoms with van der Waals surface area (Å²) in [5, 5.41) is 1.84. The zero-order chi connectivity index (χ0) is 20.7. The molecular weight excluding hydrogens is 406 g/mol. The van der Waals surface area contributed by atoms with Gasteiger partial charge in [0.25, 0.3) is 5.56 Å². The van der Waals surface area contributed by atoms with E-state index < -0.39 is 5.76 Å². The van der Waals surface area contributed by atoms with Gasteiger partial charge in [0.15, 0.2) is 10.5 Å². The van der Waals surface area contributed by atoms with Gasteiger partial charge in [0.2, 0.25) is 5.91 Å². The number of benzene rings is 1. The summed E-state index contributed by atoms with van der Waals surface area (Å²) in [6.45, 7) is 3.00. The second-order valence-electron chi connectivity index (χ2n) is 7.22. The van der Waals surface area contributed by atoms with Crippen molar-refractivity contribution in [2.45, 2.75) is 13.1 Å². The second kappa shape index (κ2) is 7.54. The number of hydrogen-bond acceptors (Lipinski definition) is 7. The number of thiazole rings is 1. The fraction of sp³-hybridized carbons (Fsp3) is 0.300. The summed E-state index contributed by atoms with van der Waals surface area (Å²) in [7, 11) is 0. The molecule has 0 spiro atoms. The molecule has 1 aromatic carbocycles. The van der Waals surface area contributed by atoms with Crippen molar-refractivity contribution < 1.29 is 9.21 Å². The van der Waals surface area contributed by atoms with Crippen LogP contribution in [0.5, 0.6) is 0 Å². The highest BCUT2D eigenvalue weighted by atomic mass is 32.1. The van der Waals surface area contributed by atoms with Gasteiger partial charge in [0, 0.05) is 50.4 Å². The lowest BCUT2D eigenvalue weighted by Crippen LogP contribution is -2.49. The largest absolute Gasteiger partial charge is 0.420 e. The van der Waals surface area contributed by atoms with Gasteiger partial charge in [-0.1, -0.05) is 12.1 Å². The van der Waals surface area contributed by atoms with Crippen LogP contribution in [-0.4, -0.2) is 55.8 Å². The Morgan fingerprint density at radius 1 is 1.13 bits per heavy atom. The van der Waals surface area contributed by atoms with Crippen LogP contribution >= 0.6 is 11.3 Å². The first kappa shape index (κ1) is 18.8. The molecule has 0 unspecified atom stereocenters. The van der Waals surface area contributed by atoms with Gasteiger partial charge in [0.05, 0.1) is 11.2 Å². The van der Waals surface area contributed by atoms with E-state index in [1.54, 1.807) is 35.4 Å². The molecule has 0 radical (unpaired) electrons. The van der Waals surface area contributed by atoms with Gasteiger partial charge in [-0.2, -0.15) is 0 Å². The number of hydrogen-bond donors (Lipinski definition) is 0. The number of oxazole rings is 1. The Morgan fingerprint density at radius 2 is 1.93 bits per heavy atom. The number of rotatable bonds is 4. The average molecular weight is 425 g/mol. The average Bonchev–Trinajstić information content (AvgIpc) is 3.33. The number of nitrogens with zero attached hydrogens (tertiary/aromatic N) is 5. The van der Waals surface area contributed by atoms with Crippen molar-refractivity contribution in [2.24, 2.45) is 0 Å². The molecule has 0 bridgehead atoms. The third kappa shape index (κ3) is 3.44. The Hall–Kier alpha value is -3.24. The third-order valence-electron chi connectivity index (χ3n) is 5.33. The first-order valence-corrected chi connectivity index (χ1v) is 10.5. The number of piperazine rings is 1. The minimum atomic E-state index is -0.524. The molecule has 1 aliphatic heterocycles. The van der Waals surface area contributed by atoms with E-state index in [1.165, 1.54) is 20.3 Å². The summed E-state index contributed by atoms with van der Waals surface area (Å²) in [6, 6.07) is 8.64. The number of fused-ring (bicyclic) bond motifs is 2. The molecule has 1 saturated heterocycles. The van der Waals surface area contributed by atoms with Crippen LogP contribution in [0.1, 0.15) is 5.69 Å². The SMILES string of the molecule is O=C(Cn1c(=O)oc2ccccc21)N1CCN(Cc2cc(=O)n3ccsc3n2)CC1. The Morgan fingerprint density at radius 3 is 2.77 bits per heavy atom. The van der Waals surface area contributed by atoms with Crippen molar-refractivity contribution in [3.63, 3.8) is 0 Å². The third-order valence-corrected chi connectivity index (χ3v) is 6.09. The molecule has 0 aliphatic carbocycles. The van der Waals surface area contributed by atoms with Crippen LogP contribution in [-0.2, 0) is 17.9 Å². The minimum absolute atomic E-state index is 0.0385. The lowest BCUT2D eigenvalue weighted by atomic mass is 10.2. The summed E-state index contributed by atoms with van der Waals surface area (Å²) in [4.78, 5) is 46.1. The lowest BCUT2D eigenvalue weighted by molar-refractivity contribution is -0.133. The van der Waals surface area contributed by atoms with E-state index in [0.29, 0.717) is 48.8 Å². The number of carbonyl (C=O) groups is 1. The molecule has 5 rings (SSSR count). The Balaban J connectivity index is 1.23. The van der Waals surface area contributed by atoms with E-state index in [0.717, 1.165) is 5.69 Å². The summed E-state index contributed by atoms with van der Waals surface area (Å²) < 4.78 is 8.11. The molecule has 10 heteroatoms. The second-order valence-corrected chi connectivity index (χ2v) is 8.09. The van der Waals surface area contributed by atoms with E-state index in [-0.39, 0.29) is 18.0 Å². The van der Waals surface area contributed by atoms with Crippen LogP contribution in [0.2, 0.25) is 0 Å². The fourth-order valence-corrected chi connectivity index (χ4v) is 4.49. The quantitative estimate of drug-likeness (QED) is 0.485. The smallest absolute Gasteiger partial charge is 0.408 e. The van der Waals surface area contributed by atoms with Gasteiger partial charge in [-0.05, 0) is 12.1 Å². The molecule has 1 amide bonds. The van der Waals surface area contributed by atoms with Crippen molar-refractivity contribution in [3.05, 3.63) is 68.5 Å². The van der Waals surface area contributed by atoms with E-state index in [2.05, 4.69) is 9.88 Å². The number of para-hydroxylation sites is 2. The van der Waals surface area contributed by atoms with E-state index in [4.69, 9.17) is 4.42 Å². The van der Waals surface area contributed by atoms with Gasteiger partial charge in [-0.3, -0.25) is 23.5 Å². The van der Waals surface area contributed by atoms with E-state index >= 15 is 0 Å². The first-order valence-electron chi connectivity index (χ1n) is 9.63. The monoisotopic (exact) mass is 425 g/mol. The molecule has 154 valence electrons. The highest BCUT2D eigenvalue weighted by molar-refractivity contribution is 7.15. The number of amides is 1. The maximum atomic E-state index is 12.7. The summed E-state index contributed by atoms with van der Waals surface area (Å²) in [5.74, 6) is -0.635. The summed E-state index contributed by atoms with van der Waals surface area (Å²) >= 11 is 1.43. The number of aromatic nitrogens is 3. The lowest BCUT2D eigenvalue weighted by Gasteiger charge is -2.34. The molecule has 9 nitrogen and oxygen atoms in total. The van der Waals surface area contributed by atoms with E-state index in [9.17, 15) is 14.4 Å².